The highest BCUT2D eigenvalue weighted by Crippen LogP contribution is 2.07. The third-order valence-corrected chi connectivity index (χ3v) is 1.59. The first kappa shape index (κ1) is 10.2. The van der Waals surface area contributed by atoms with E-state index in [0.717, 1.165) is 0 Å². The van der Waals surface area contributed by atoms with Gasteiger partial charge < -0.3 is 15.7 Å². The molecule has 1 aromatic rings. The molecular formula is C9H10N2O3. The Morgan fingerprint density at radius 3 is 2.93 bits per heavy atom. The van der Waals surface area contributed by atoms with Crippen molar-refractivity contribution in [2.24, 2.45) is 10.9 Å². The fourth-order valence-electron chi connectivity index (χ4n) is 1.01. The number of ether oxygens (including phenoxy) is 1. The van der Waals surface area contributed by atoms with Crippen LogP contribution in [0.1, 0.15) is 15.9 Å². The Kier molecular flexibility index (Phi) is 3.63. The number of aliphatic hydroxyl groups excluding tert-OH is 1. The van der Waals surface area contributed by atoms with Crippen molar-refractivity contribution in [3.63, 3.8) is 0 Å². The van der Waals surface area contributed by atoms with Crippen LogP contribution in [0.25, 0.3) is 0 Å². The fraction of sp³-hybridized carbons (Fsp3) is 0.111. The number of hydrazone groups is 1. The van der Waals surface area contributed by atoms with Gasteiger partial charge in [0, 0.05) is 5.56 Å². The minimum atomic E-state index is -0.646. The molecule has 74 valence electrons. The van der Waals surface area contributed by atoms with Gasteiger partial charge in [0.2, 0.25) is 0 Å². The molecule has 0 aliphatic heterocycles. The molecule has 0 heterocycles. The van der Waals surface area contributed by atoms with Gasteiger partial charge in [-0.15, -0.1) is 0 Å². The summed E-state index contributed by atoms with van der Waals surface area (Å²) < 4.78 is 4.43. The van der Waals surface area contributed by atoms with E-state index >= 15 is 0 Å². The zero-order valence-corrected chi connectivity index (χ0v) is 7.38. The number of nitrogens with zero attached hydrogens (tertiary/aromatic N) is 1. The summed E-state index contributed by atoms with van der Waals surface area (Å²) in [6.07, 6.45) is 1.34. The van der Waals surface area contributed by atoms with E-state index in [0.29, 0.717) is 11.1 Å². The molecule has 0 fully saturated rings. The summed E-state index contributed by atoms with van der Waals surface area (Å²) in [6, 6.07) is 6.66. The molecule has 14 heavy (non-hydrogen) atoms. The molecule has 0 aliphatic rings. The normalized spacial score (nSPS) is 10.4. The third kappa shape index (κ3) is 2.30. The van der Waals surface area contributed by atoms with E-state index in [9.17, 15) is 4.79 Å². The van der Waals surface area contributed by atoms with Crippen LogP contribution < -0.4 is 5.84 Å². The topological polar surface area (TPSA) is 84.9 Å². The second-order valence-corrected chi connectivity index (χ2v) is 2.43. The number of carbonyl (C=O) groups excluding carboxylic acids is 1. The average Bonchev–Trinajstić information content (AvgIpc) is 2.19. The zero-order valence-electron chi connectivity index (χ0n) is 7.38. The van der Waals surface area contributed by atoms with E-state index in [-0.39, 0.29) is 0 Å². The van der Waals surface area contributed by atoms with E-state index in [1.807, 2.05) is 0 Å². The summed E-state index contributed by atoms with van der Waals surface area (Å²) in [4.78, 5) is 11.3. The minimum Gasteiger partial charge on any atom is -0.435 e. The standard InChI is InChI=1S/C9H10N2O3/c10-11-5-7-3-1-2-4-8(7)9(13)14-6-12/h1-5,12H,6,10H2/b11-5+. The van der Waals surface area contributed by atoms with Gasteiger partial charge in [-0.1, -0.05) is 18.2 Å². The summed E-state index contributed by atoms with van der Waals surface area (Å²) in [6.45, 7) is -0.646. The van der Waals surface area contributed by atoms with Crippen LogP contribution in [0.3, 0.4) is 0 Å². The molecule has 1 rings (SSSR count). The van der Waals surface area contributed by atoms with Gasteiger partial charge in [0.25, 0.3) is 0 Å². The Bertz CT molecular complexity index is 350. The van der Waals surface area contributed by atoms with Gasteiger partial charge in [-0.3, -0.25) is 0 Å². The first-order chi connectivity index (χ1) is 6.79. The number of carbonyl (C=O) groups is 1. The van der Waals surface area contributed by atoms with Gasteiger partial charge in [-0.05, 0) is 6.07 Å². The summed E-state index contributed by atoms with van der Waals surface area (Å²) >= 11 is 0. The minimum absolute atomic E-state index is 0.316. The number of rotatable bonds is 3. The third-order valence-electron chi connectivity index (χ3n) is 1.59. The maximum absolute atomic E-state index is 11.3. The van der Waals surface area contributed by atoms with Gasteiger partial charge >= 0.3 is 5.97 Å². The molecule has 0 unspecified atom stereocenters. The molecule has 5 heteroatoms. The predicted octanol–water partition coefficient (Wildman–Crippen LogP) is 0.0858. The molecule has 0 spiro atoms. The lowest BCUT2D eigenvalue weighted by Gasteiger charge is -2.03. The first-order valence-corrected chi connectivity index (χ1v) is 3.90. The molecule has 3 N–H and O–H groups in total. The second kappa shape index (κ2) is 4.98. The Labute approximate surface area is 80.8 Å². The summed E-state index contributed by atoms with van der Waals surface area (Å²) in [7, 11) is 0. The van der Waals surface area contributed by atoms with Crippen LogP contribution >= 0.6 is 0 Å². The average molecular weight is 194 g/mol. The molecule has 0 radical (unpaired) electrons. The number of hydrogen-bond acceptors (Lipinski definition) is 5. The van der Waals surface area contributed by atoms with Crippen molar-refractivity contribution < 1.29 is 14.6 Å². The van der Waals surface area contributed by atoms with Crippen LogP contribution in [-0.4, -0.2) is 24.1 Å². The van der Waals surface area contributed by atoms with Crippen molar-refractivity contribution >= 4 is 12.2 Å². The van der Waals surface area contributed by atoms with Crippen molar-refractivity contribution in [1.82, 2.24) is 0 Å². The highest BCUT2D eigenvalue weighted by molar-refractivity contribution is 5.99. The maximum atomic E-state index is 11.3. The largest absolute Gasteiger partial charge is 0.435 e. The highest BCUT2D eigenvalue weighted by atomic mass is 16.6. The Morgan fingerprint density at radius 1 is 1.57 bits per heavy atom. The maximum Gasteiger partial charge on any atom is 0.340 e. The van der Waals surface area contributed by atoms with Crippen molar-refractivity contribution in [2.75, 3.05) is 6.79 Å². The van der Waals surface area contributed by atoms with E-state index in [1.54, 1.807) is 24.3 Å². The van der Waals surface area contributed by atoms with E-state index in [4.69, 9.17) is 10.9 Å². The second-order valence-electron chi connectivity index (χ2n) is 2.43. The molecule has 0 bridgehead atoms. The molecule has 0 saturated heterocycles. The van der Waals surface area contributed by atoms with Gasteiger partial charge in [-0.25, -0.2) is 4.79 Å². The number of benzene rings is 1. The number of nitrogens with two attached hydrogens (primary N) is 1. The highest BCUT2D eigenvalue weighted by Gasteiger charge is 2.09. The summed E-state index contributed by atoms with van der Waals surface area (Å²) in [5, 5.41) is 11.7. The van der Waals surface area contributed by atoms with Crippen molar-refractivity contribution in [2.45, 2.75) is 0 Å². The Morgan fingerprint density at radius 2 is 2.29 bits per heavy atom. The summed E-state index contributed by atoms with van der Waals surface area (Å²) in [5.41, 5.74) is 0.865. The fourth-order valence-corrected chi connectivity index (χ4v) is 1.01. The van der Waals surface area contributed by atoms with E-state index in [1.165, 1.54) is 6.21 Å². The molecule has 1 aromatic carbocycles. The quantitative estimate of drug-likeness (QED) is 0.235. The lowest BCUT2D eigenvalue weighted by atomic mass is 10.1. The van der Waals surface area contributed by atoms with Crippen molar-refractivity contribution in [1.29, 1.82) is 0 Å². The molecule has 0 saturated carbocycles. The van der Waals surface area contributed by atoms with Crippen LogP contribution in [0.4, 0.5) is 0 Å². The van der Waals surface area contributed by atoms with E-state index < -0.39 is 12.8 Å². The van der Waals surface area contributed by atoms with E-state index in [2.05, 4.69) is 9.84 Å². The zero-order chi connectivity index (χ0) is 10.4. The molecule has 0 aliphatic carbocycles. The monoisotopic (exact) mass is 194 g/mol. The smallest absolute Gasteiger partial charge is 0.340 e. The van der Waals surface area contributed by atoms with Crippen LogP contribution in [0, 0.1) is 0 Å². The number of esters is 1. The lowest BCUT2D eigenvalue weighted by Crippen LogP contribution is -2.08. The first-order valence-electron chi connectivity index (χ1n) is 3.90. The number of hydrogen-bond donors (Lipinski definition) is 2. The van der Waals surface area contributed by atoms with Crippen molar-refractivity contribution in [3.8, 4) is 0 Å². The van der Waals surface area contributed by atoms with Gasteiger partial charge in [-0.2, -0.15) is 5.10 Å². The van der Waals surface area contributed by atoms with Crippen molar-refractivity contribution in [3.05, 3.63) is 35.4 Å². The van der Waals surface area contributed by atoms with Gasteiger partial charge in [0.15, 0.2) is 6.79 Å². The molecular weight excluding hydrogens is 184 g/mol. The van der Waals surface area contributed by atoms with Gasteiger partial charge in [0.1, 0.15) is 0 Å². The predicted molar refractivity (Wildman–Crippen MR) is 50.7 cm³/mol. The lowest BCUT2D eigenvalue weighted by molar-refractivity contribution is 0.00683. The Balaban J connectivity index is 3.00. The van der Waals surface area contributed by atoms with Gasteiger partial charge in [0.05, 0.1) is 11.8 Å². The SMILES string of the molecule is N/N=C/c1ccccc1C(=O)OCO. The van der Waals surface area contributed by atoms with Crippen LogP contribution in [0.2, 0.25) is 0 Å². The summed E-state index contributed by atoms with van der Waals surface area (Å²) in [5.74, 6) is 4.36. The van der Waals surface area contributed by atoms with Crippen LogP contribution in [0.5, 0.6) is 0 Å². The molecule has 5 nitrogen and oxygen atoms in total. The Hall–Kier alpha value is -1.88. The molecule has 0 amide bonds. The molecule has 0 atom stereocenters. The van der Waals surface area contributed by atoms with Crippen LogP contribution in [0.15, 0.2) is 29.4 Å². The molecule has 0 aromatic heterocycles. The number of aliphatic hydroxyl groups is 1. The van der Waals surface area contributed by atoms with Crippen LogP contribution in [-0.2, 0) is 4.74 Å².